The summed E-state index contributed by atoms with van der Waals surface area (Å²) in [5.41, 5.74) is -2.99. The van der Waals surface area contributed by atoms with Crippen molar-refractivity contribution in [2.75, 3.05) is 56.8 Å². The molecule has 2 fully saturated rings. The van der Waals surface area contributed by atoms with E-state index < -0.39 is 64.3 Å². The van der Waals surface area contributed by atoms with Gasteiger partial charge in [0.15, 0.2) is 5.82 Å². The number of rotatable bonds is 12. The third-order valence-electron chi connectivity index (χ3n) is 11.9. The molecule has 0 aliphatic carbocycles. The van der Waals surface area contributed by atoms with Gasteiger partial charge < -0.3 is 43.3 Å². The summed E-state index contributed by atoms with van der Waals surface area (Å²) in [6.45, 7) is 15.1. The normalized spacial score (nSPS) is 16.6. The smallest absolute Gasteiger partial charge is 0.418 e. The van der Waals surface area contributed by atoms with E-state index in [-0.39, 0.29) is 78.5 Å². The van der Waals surface area contributed by atoms with Crippen LogP contribution in [0.25, 0.3) is 22.2 Å². The van der Waals surface area contributed by atoms with Gasteiger partial charge in [0.1, 0.15) is 46.5 Å². The Hall–Kier alpha value is -6.30. The molecule has 2 saturated heterocycles. The van der Waals surface area contributed by atoms with Crippen LogP contribution in [0.4, 0.5) is 38.8 Å². The van der Waals surface area contributed by atoms with Crippen molar-refractivity contribution in [3.63, 3.8) is 0 Å². The first kappa shape index (κ1) is 51.5. The molecule has 19 heteroatoms. The fraction of sp³-hybridized carbons (Fsp3) is 0.471. The Balaban J connectivity index is 1.36. The van der Waals surface area contributed by atoms with Gasteiger partial charge in [-0.3, -0.25) is 0 Å². The van der Waals surface area contributed by atoms with Gasteiger partial charge in [-0.1, -0.05) is 35.9 Å². The van der Waals surface area contributed by atoms with E-state index in [0.29, 0.717) is 30.9 Å². The first-order valence-corrected chi connectivity index (χ1v) is 23.5. The Bertz CT molecular complexity index is 2650. The van der Waals surface area contributed by atoms with Crippen LogP contribution in [0.15, 0.2) is 60.7 Å². The lowest BCUT2D eigenvalue weighted by molar-refractivity contribution is -0.137. The number of nitrogens with zero attached hydrogens (tertiary/aromatic N) is 7. The molecule has 14 nitrogen and oxygen atoms in total. The van der Waals surface area contributed by atoms with Crippen LogP contribution in [0.5, 0.6) is 17.5 Å². The van der Waals surface area contributed by atoms with E-state index in [0.717, 1.165) is 11.1 Å². The van der Waals surface area contributed by atoms with Crippen LogP contribution >= 0.6 is 11.6 Å². The zero-order valence-electron chi connectivity index (χ0n) is 41.2. The highest BCUT2D eigenvalue weighted by Crippen LogP contribution is 2.46. The zero-order valence-corrected chi connectivity index (χ0v) is 41.9. The van der Waals surface area contributed by atoms with E-state index in [1.54, 1.807) is 94.7 Å². The number of aryl methyl sites for hydroxylation is 1. The standard InChI is InChI=1S/C51H60ClF4N7O7/c1-30-24-39(61(27-32-13-17-35(66-9)18-14-32)28-33-15-19-36(67-10)20-16-33)57-44(41(30)51(54,55)56)40-38(52)25-37-43(42(40)53)58-46(68-29-34-12-11-21-63(34)48(65)70-50(6,7)8)59-45(37)62-23-22-60(26-31(62)2)47(64)69-49(3,4)5/h13-20,24-25,31,34H,11-12,21-23,26-29H2,1-10H3/t31-,34?/m0/s1. The van der Waals surface area contributed by atoms with Crippen LogP contribution in [-0.4, -0.2) is 107 Å². The topological polar surface area (TPSA) is 132 Å². The highest BCUT2D eigenvalue weighted by Gasteiger charge is 2.40. The molecule has 3 aromatic carbocycles. The molecular formula is C51H60ClF4N7O7. The molecule has 5 aromatic rings. The number of hydrogen-bond donors (Lipinski definition) is 0. The number of fused-ring (bicyclic) bond motifs is 1. The number of aromatic nitrogens is 3. The number of ether oxygens (including phenoxy) is 5. The number of hydrogen-bond acceptors (Lipinski definition) is 12. The molecular weight excluding hydrogens is 934 g/mol. The van der Waals surface area contributed by atoms with Gasteiger partial charge in [0.25, 0.3) is 0 Å². The molecule has 1 unspecified atom stereocenters. The minimum absolute atomic E-state index is 0.0898. The van der Waals surface area contributed by atoms with Crippen molar-refractivity contribution in [3.05, 3.63) is 93.8 Å². The summed E-state index contributed by atoms with van der Waals surface area (Å²) in [6, 6.07) is 16.0. The lowest BCUT2D eigenvalue weighted by atomic mass is 9.98. The number of methoxy groups -OCH3 is 2. The van der Waals surface area contributed by atoms with E-state index in [9.17, 15) is 9.59 Å². The molecule has 4 heterocycles. The highest BCUT2D eigenvalue weighted by atomic mass is 35.5. The molecule has 0 N–H and O–H groups in total. The monoisotopic (exact) mass is 993 g/mol. The maximum Gasteiger partial charge on any atom is 0.418 e. The highest BCUT2D eigenvalue weighted by molar-refractivity contribution is 6.34. The second-order valence-electron chi connectivity index (χ2n) is 19.6. The molecule has 2 aliphatic rings. The maximum absolute atomic E-state index is 17.9. The molecule has 70 heavy (non-hydrogen) atoms. The summed E-state index contributed by atoms with van der Waals surface area (Å²) in [7, 11) is 3.10. The van der Waals surface area contributed by atoms with Crippen LogP contribution < -0.4 is 24.0 Å². The minimum Gasteiger partial charge on any atom is -0.497 e. The van der Waals surface area contributed by atoms with Gasteiger partial charge in [-0.15, -0.1) is 0 Å². The summed E-state index contributed by atoms with van der Waals surface area (Å²) in [5.74, 6) is 0.365. The van der Waals surface area contributed by atoms with Crippen LogP contribution in [0, 0.1) is 12.7 Å². The van der Waals surface area contributed by atoms with Crippen molar-refractivity contribution in [2.24, 2.45) is 0 Å². The Kier molecular flexibility index (Phi) is 15.2. The van der Waals surface area contributed by atoms with Crippen LogP contribution in [0.1, 0.15) is 83.6 Å². The fourth-order valence-corrected chi connectivity index (χ4v) is 8.92. The van der Waals surface area contributed by atoms with Gasteiger partial charge in [-0.25, -0.2) is 19.0 Å². The minimum atomic E-state index is -5.00. The first-order valence-electron chi connectivity index (χ1n) is 23.1. The third kappa shape index (κ3) is 12.0. The van der Waals surface area contributed by atoms with Gasteiger partial charge in [0.05, 0.1) is 42.1 Å². The number of likely N-dealkylation sites (tertiary alicyclic amines) is 1. The Labute approximate surface area is 410 Å². The number of halogens is 5. The molecule has 0 radical (unpaired) electrons. The maximum atomic E-state index is 17.9. The predicted molar refractivity (Wildman–Crippen MR) is 259 cm³/mol. The molecule has 2 atom stereocenters. The molecule has 7 rings (SSSR count). The molecule has 0 saturated carbocycles. The molecule has 0 spiro atoms. The van der Waals surface area contributed by atoms with Crippen LogP contribution in [0.3, 0.4) is 0 Å². The lowest BCUT2D eigenvalue weighted by Crippen LogP contribution is -2.55. The van der Waals surface area contributed by atoms with E-state index >= 15 is 17.6 Å². The van der Waals surface area contributed by atoms with Crippen molar-refractivity contribution < 1.29 is 50.8 Å². The number of benzene rings is 3. The number of carbonyl (C=O) groups is 2. The number of carbonyl (C=O) groups excluding carboxylic acids is 2. The number of anilines is 2. The van der Waals surface area contributed by atoms with E-state index in [1.165, 1.54) is 19.1 Å². The Morgan fingerprint density at radius 3 is 1.94 bits per heavy atom. The quantitative estimate of drug-likeness (QED) is 0.110. The van der Waals surface area contributed by atoms with E-state index in [1.807, 2.05) is 36.1 Å². The number of piperazine rings is 1. The molecule has 2 aromatic heterocycles. The van der Waals surface area contributed by atoms with Crippen molar-refractivity contribution in [2.45, 2.75) is 111 Å². The SMILES string of the molecule is COc1ccc(CN(Cc2ccc(OC)cc2)c2cc(C)c(C(F)(F)F)c(-c3c(Cl)cc4c(N5CCN(C(=O)OC(C)(C)C)C[C@@H]5C)nc(OCC5CCCN5C(=O)OC(C)(C)C)nc4c3F)n2)cc1. The van der Waals surface area contributed by atoms with Crippen molar-refractivity contribution in [1.29, 1.82) is 0 Å². The number of amides is 2. The number of alkyl halides is 3. The average molecular weight is 995 g/mol. The summed E-state index contributed by atoms with van der Waals surface area (Å²) in [5, 5.41) is -0.275. The Morgan fingerprint density at radius 1 is 0.814 bits per heavy atom. The third-order valence-corrected chi connectivity index (χ3v) is 12.2. The van der Waals surface area contributed by atoms with Gasteiger partial charge in [0.2, 0.25) is 0 Å². The fourth-order valence-electron chi connectivity index (χ4n) is 8.64. The predicted octanol–water partition coefficient (Wildman–Crippen LogP) is 11.3. The molecule has 376 valence electrons. The second-order valence-corrected chi connectivity index (χ2v) is 20.0. The second kappa shape index (κ2) is 20.6. The largest absolute Gasteiger partial charge is 0.497 e. The molecule has 0 bridgehead atoms. The van der Waals surface area contributed by atoms with Crippen LogP contribution in [-0.2, 0) is 28.7 Å². The molecule has 2 aliphatic heterocycles. The van der Waals surface area contributed by atoms with Crippen LogP contribution in [0.2, 0.25) is 5.02 Å². The summed E-state index contributed by atoms with van der Waals surface area (Å²) >= 11 is 7.01. The van der Waals surface area contributed by atoms with Crippen molar-refractivity contribution in [3.8, 4) is 28.8 Å². The summed E-state index contributed by atoms with van der Waals surface area (Å²) in [4.78, 5) is 47.0. The Morgan fingerprint density at radius 2 is 1.40 bits per heavy atom. The molecule has 2 amide bonds. The van der Waals surface area contributed by atoms with Crippen molar-refractivity contribution in [1.82, 2.24) is 24.8 Å². The van der Waals surface area contributed by atoms with Gasteiger partial charge in [-0.05, 0) is 121 Å². The lowest BCUT2D eigenvalue weighted by Gasteiger charge is -2.41. The van der Waals surface area contributed by atoms with Gasteiger partial charge in [-0.2, -0.15) is 23.1 Å². The average Bonchev–Trinajstić information content (AvgIpc) is 3.76. The number of pyridine rings is 1. The van der Waals surface area contributed by atoms with E-state index in [2.05, 4.69) is 9.97 Å². The van der Waals surface area contributed by atoms with Crippen molar-refractivity contribution >= 4 is 46.3 Å². The summed E-state index contributed by atoms with van der Waals surface area (Å²) < 4.78 is 92.2. The summed E-state index contributed by atoms with van der Waals surface area (Å²) in [6.07, 6.45) is -4.76. The van der Waals surface area contributed by atoms with Gasteiger partial charge in [0, 0.05) is 50.7 Å². The van der Waals surface area contributed by atoms with E-state index in [4.69, 9.17) is 40.3 Å². The first-order chi connectivity index (χ1) is 32.9. The van der Waals surface area contributed by atoms with Gasteiger partial charge >= 0.3 is 24.4 Å². The zero-order chi connectivity index (χ0) is 50.9.